The average Bonchev–Trinajstić information content (AvgIpc) is 2.49. The van der Waals surface area contributed by atoms with Crippen LogP contribution in [0.4, 0.5) is 4.79 Å². The van der Waals surface area contributed by atoms with Crippen molar-refractivity contribution in [2.75, 3.05) is 6.54 Å². The van der Waals surface area contributed by atoms with Gasteiger partial charge in [0, 0.05) is 0 Å². The van der Waals surface area contributed by atoms with Crippen LogP contribution in [-0.4, -0.2) is 29.5 Å². The van der Waals surface area contributed by atoms with Gasteiger partial charge in [-0.1, -0.05) is 42.5 Å². The minimum absolute atomic E-state index is 0.291. The molecule has 0 spiro atoms. The average molecular weight is 310 g/mol. The summed E-state index contributed by atoms with van der Waals surface area (Å²) in [6, 6.07) is 14.1. The molecular formula is C19H22N2O2. The van der Waals surface area contributed by atoms with E-state index in [4.69, 9.17) is 4.74 Å². The van der Waals surface area contributed by atoms with Crippen molar-refractivity contribution in [2.45, 2.75) is 26.4 Å². The van der Waals surface area contributed by atoms with Gasteiger partial charge in [0.05, 0.1) is 12.8 Å². The van der Waals surface area contributed by atoms with Crippen LogP contribution in [0, 0.1) is 0 Å². The molecule has 0 saturated carbocycles. The Morgan fingerprint density at radius 3 is 2.57 bits per heavy atom. The van der Waals surface area contributed by atoms with Crippen LogP contribution in [0.3, 0.4) is 0 Å². The Balaban J connectivity index is 2.18. The van der Waals surface area contributed by atoms with E-state index in [-0.39, 0.29) is 0 Å². The second kappa shape index (κ2) is 7.09. The molecule has 2 aromatic carbocycles. The van der Waals surface area contributed by atoms with Crippen LogP contribution < -0.4 is 0 Å². The molecule has 0 bridgehead atoms. The van der Waals surface area contributed by atoms with Gasteiger partial charge in [-0.25, -0.2) is 4.79 Å². The minimum atomic E-state index is -0.561. The number of hydrogen-bond donors (Lipinski definition) is 0. The van der Waals surface area contributed by atoms with E-state index >= 15 is 0 Å². The molecule has 0 heterocycles. The summed E-state index contributed by atoms with van der Waals surface area (Å²) < 4.78 is 5.34. The van der Waals surface area contributed by atoms with Crippen LogP contribution in [-0.2, 0) is 4.74 Å². The maximum Gasteiger partial charge on any atom is 0.431 e. The topological polar surface area (TPSA) is 41.9 Å². The summed E-state index contributed by atoms with van der Waals surface area (Å²) in [7, 11) is 0. The molecule has 4 nitrogen and oxygen atoms in total. The monoisotopic (exact) mass is 310 g/mol. The van der Waals surface area contributed by atoms with E-state index in [2.05, 4.69) is 17.7 Å². The fourth-order valence-electron chi connectivity index (χ4n) is 2.03. The van der Waals surface area contributed by atoms with Crippen molar-refractivity contribution in [1.82, 2.24) is 5.01 Å². The minimum Gasteiger partial charge on any atom is -0.442 e. The number of hydrogen-bond acceptors (Lipinski definition) is 3. The molecule has 0 atom stereocenters. The molecule has 2 aromatic rings. The second-order valence-corrected chi connectivity index (χ2v) is 6.20. The SMILES string of the molecule is C=CCN(/N=C/c1ccc2ccccc2c1)C(=O)OC(C)(C)C. The molecule has 0 aromatic heterocycles. The first-order valence-corrected chi connectivity index (χ1v) is 7.53. The molecular weight excluding hydrogens is 288 g/mol. The normalized spacial score (nSPS) is 11.6. The lowest BCUT2D eigenvalue weighted by Crippen LogP contribution is -2.33. The maximum atomic E-state index is 12.1. The van der Waals surface area contributed by atoms with Crippen LogP contribution in [0.25, 0.3) is 10.8 Å². The summed E-state index contributed by atoms with van der Waals surface area (Å²) >= 11 is 0. The number of carbonyl (C=O) groups excluding carboxylic acids is 1. The van der Waals surface area contributed by atoms with Gasteiger partial charge in [-0.2, -0.15) is 10.1 Å². The number of hydrazone groups is 1. The van der Waals surface area contributed by atoms with Gasteiger partial charge in [-0.15, -0.1) is 6.58 Å². The van der Waals surface area contributed by atoms with Crippen molar-refractivity contribution in [3.63, 3.8) is 0 Å². The van der Waals surface area contributed by atoms with Gasteiger partial charge in [-0.05, 0) is 43.2 Å². The van der Waals surface area contributed by atoms with Crippen molar-refractivity contribution in [1.29, 1.82) is 0 Å². The molecule has 0 aliphatic heterocycles. The zero-order valence-electron chi connectivity index (χ0n) is 13.8. The summed E-state index contributed by atoms with van der Waals surface area (Å²) in [5.74, 6) is 0. The molecule has 0 aliphatic rings. The van der Waals surface area contributed by atoms with E-state index in [9.17, 15) is 4.79 Å². The molecule has 0 unspecified atom stereocenters. The van der Waals surface area contributed by atoms with E-state index in [0.29, 0.717) is 6.54 Å². The van der Waals surface area contributed by atoms with Crippen LogP contribution in [0.2, 0.25) is 0 Å². The Kier molecular flexibility index (Phi) is 5.16. The number of rotatable bonds is 4. The molecule has 0 fully saturated rings. The predicted molar refractivity (Wildman–Crippen MR) is 94.7 cm³/mol. The lowest BCUT2D eigenvalue weighted by atomic mass is 10.1. The predicted octanol–water partition coefficient (Wildman–Crippen LogP) is 4.60. The van der Waals surface area contributed by atoms with E-state index in [1.54, 1.807) is 12.3 Å². The van der Waals surface area contributed by atoms with Gasteiger partial charge >= 0.3 is 6.09 Å². The van der Waals surface area contributed by atoms with Gasteiger partial charge in [-0.3, -0.25) is 0 Å². The highest BCUT2D eigenvalue weighted by Crippen LogP contribution is 2.15. The summed E-state index contributed by atoms with van der Waals surface area (Å²) in [4.78, 5) is 12.1. The van der Waals surface area contributed by atoms with Gasteiger partial charge in [0.2, 0.25) is 0 Å². The van der Waals surface area contributed by atoms with E-state index in [0.717, 1.165) is 10.9 Å². The number of ether oxygens (including phenoxy) is 1. The molecule has 0 radical (unpaired) electrons. The quantitative estimate of drug-likeness (QED) is 0.470. The fraction of sp³-hybridized carbons (Fsp3) is 0.263. The molecule has 2 rings (SSSR count). The van der Waals surface area contributed by atoms with Crippen molar-refractivity contribution in [3.8, 4) is 0 Å². The molecule has 0 aliphatic carbocycles. The summed E-state index contributed by atoms with van der Waals surface area (Å²) in [6.45, 7) is 9.41. The van der Waals surface area contributed by atoms with Crippen molar-refractivity contribution < 1.29 is 9.53 Å². The number of amides is 1. The van der Waals surface area contributed by atoms with Crippen molar-refractivity contribution >= 4 is 23.1 Å². The van der Waals surface area contributed by atoms with Gasteiger partial charge in [0.1, 0.15) is 5.60 Å². The molecule has 4 heteroatoms. The summed E-state index contributed by atoms with van der Waals surface area (Å²) in [5.41, 5.74) is 0.357. The van der Waals surface area contributed by atoms with E-state index < -0.39 is 11.7 Å². The zero-order valence-corrected chi connectivity index (χ0v) is 13.8. The Hall–Kier alpha value is -2.62. The summed E-state index contributed by atoms with van der Waals surface area (Å²) in [6.07, 6.45) is 2.77. The lowest BCUT2D eigenvalue weighted by molar-refractivity contribution is 0.0277. The lowest BCUT2D eigenvalue weighted by Gasteiger charge is -2.23. The number of carbonyl (C=O) groups is 1. The Morgan fingerprint density at radius 1 is 1.22 bits per heavy atom. The highest BCUT2D eigenvalue weighted by Gasteiger charge is 2.20. The number of nitrogens with zero attached hydrogens (tertiary/aromatic N) is 2. The maximum absolute atomic E-state index is 12.1. The van der Waals surface area contributed by atoms with Gasteiger partial charge < -0.3 is 4.74 Å². The largest absolute Gasteiger partial charge is 0.442 e. The smallest absolute Gasteiger partial charge is 0.431 e. The first-order valence-electron chi connectivity index (χ1n) is 7.53. The van der Waals surface area contributed by atoms with Gasteiger partial charge in [0.15, 0.2) is 0 Å². The molecule has 23 heavy (non-hydrogen) atoms. The third-order valence-electron chi connectivity index (χ3n) is 3.03. The first-order chi connectivity index (χ1) is 10.9. The van der Waals surface area contributed by atoms with Crippen LogP contribution in [0.1, 0.15) is 26.3 Å². The fourth-order valence-corrected chi connectivity index (χ4v) is 2.03. The first kappa shape index (κ1) is 16.7. The van der Waals surface area contributed by atoms with E-state index in [1.807, 2.05) is 57.2 Å². The zero-order chi connectivity index (χ0) is 16.9. The second-order valence-electron chi connectivity index (χ2n) is 6.20. The Morgan fingerprint density at radius 2 is 1.91 bits per heavy atom. The third-order valence-corrected chi connectivity index (χ3v) is 3.03. The van der Waals surface area contributed by atoms with Crippen molar-refractivity contribution in [2.24, 2.45) is 5.10 Å². The Labute approximate surface area is 137 Å². The number of fused-ring (bicyclic) bond motifs is 1. The highest BCUT2D eigenvalue weighted by atomic mass is 16.6. The highest BCUT2D eigenvalue weighted by molar-refractivity contribution is 5.90. The van der Waals surface area contributed by atoms with Crippen molar-refractivity contribution in [3.05, 3.63) is 60.7 Å². The standard InChI is InChI=1S/C19H22N2O2/c1-5-12-21(18(22)23-19(2,3)4)20-14-15-10-11-16-8-6-7-9-17(16)13-15/h5-11,13-14H,1,12H2,2-4H3/b20-14+. The van der Waals surface area contributed by atoms with Crippen LogP contribution >= 0.6 is 0 Å². The Bertz CT molecular complexity index is 729. The van der Waals surface area contributed by atoms with Crippen LogP contribution in [0.5, 0.6) is 0 Å². The van der Waals surface area contributed by atoms with E-state index in [1.165, 1.54) is 10.4 Å². The van der Waals surface area contributed by atoms with Gasteiger partial charge in [0.25, 0.3) is 0 Å². The molecule has 0 saturated heterocycles. The molecule has 0 N–H and O–H groups in total. The van der Waals surface area contributed by atoms with Crippen LogP contribution in [0.15, 0.2) is 60.2 Å². The third kappa shape index (κ3) is 4.95. The summed E-state index contributed by atoms with van der Waals surface area (Å²) in [5, 5.41) is 7.79. The molecule has 1 amide bonds. The number of benzene rings is 2. The molecule has 120 valence electrons.